The Kier molecular flexibility index (Phi) is 6.95. The number of anilines is 1. The summed E-state index contributed by atoms with van der Waals surface area (Å²) < 4.78 is 80.6. The van der Waals surface area contributed by atoms with Crippen molar-refractivity contribution < 1.29 is 31.1 Å². The van der Waals surface area contributed by atoms with Crippen LogP contribution in [0.25, 0.3) is 11.1 Å². The average molecular weight is 504 g/mol. The lowest BCUT2D eigenvalue weighted by Gasteiger charge is -2.32. The summed E-state index contributed by atoms with van der Waals surface area (Å²) in [5.74, 6) is 1.64. The quantitative estimate of drug-likeness (QED) is 0.283. The molecule has 1 amide bonds. The normalized spacial score (nSPS) is 12.2. The van der Waals surface area contributed by atoms with Crippen molar-refractivity contribution in [2.24, 2.45) is 0 Å². The number of hydrogen-bond donors (Lipinski definition) is 0. The van der Waals surface area contributed by atoms with Gasteiger partial charge in [-0.2, -0.15) is 26.3 Å². The molecule has 0 saturated carbocycles. The van der Waals surface area contributed by atoms with Crippen molar-refractivity contribution in [3.63, 3.8) is 0 Å². The summed E-state index contributed by atoms with van der Waals surface area (Å²) >= 11 is 0. The maximum atomic E-state index is 13.7. The summed E-state index contributed by atoms with van der Waals surface area (Å²) in [4.78, 5) is 19.0. The van der Waals surface area contributed by atoms with Gasteiger partial charge in [0, 0.05) is 18.8 Å². The molecule has 0 saturated heterocycles. The molecule has 0 N–H and O–H groups in total. The third-order valence-electron chi connectivity index (χ3n) is 5.98. The highest BCUT2D eigenvalue weighted by atomic mass is 19.4. The van der Waals surface area contributed by atoms with Gasteiger partial charge in [-0.3, -0.25) is 4.79 Å². The standard InChI is InChI=1S/C27H22F6N2O/c1-6-22-23(21(11-12-34-22)20-10-8-7-9-16(20)2)35(5)24(36)25(3,4)17-13-18(26(28,29)30)15-19(14-17)27(31,32)33/h1,7-15H,2-5H3. The van der Waals surface area contributed by atoms with Crippen molar-refractivity contribution >= 4 is 11.6 Å². The van der Waals surface area contributed by atoms with Gasteiger partial charge in [0.2, 0.25) is 5.91 Å². The molecule has 0 fully saturated rings. The number of alkyl halides is 6. The van der Waals surface area contributed by atoms with E-state index in [4.69, 9.17) is 6.42 Å². The molecule has 3 nitrogen and oxygen atoms in total. The smallest absolute Gasteiger partial charge is 0.312 e. The van der Waals surface area contributed by atoms with E-state index in [9.17, 15) is 31.1 Å². The van der Waals surface area contributed by atoms with Crippen molar-refractivity contribution in [1.29, 1.82) is 0 Å². The molecule has 0 aliphatic heterocycles. The number of pyridine rings is 1. The Morgan fingerprint density at radius 1 is 0.889 bits per heavy atom. The molecule has 3 rings (SSSR count). The minimum Gasteiger partial charge on any atom is -0.312 e. The molecule has 0 bridgehead atoms. The summed E-state index contributed by atoms with van der Waals surface area (Å²) in [5.41, 5.74) is -2.77. The van der Waals surface area contributed by atoms with Gasteiger partial charge in [-0.1, -0.05) is 24.3 Å². The summed E-state index contributed by atoms with van der Waals surface area (Å²) in [7, 11) is 1.36. The Balaban J connectivity index is 2.19. The van der Waals surface area contributed by atoms with Gasteiger partial charge in [0.05, 0.1) is 22.2 Å². The maximum Gasteiger partial charge on any atom is 0.416 e. The monoisotopic (exact) mass is 504 g/mol. The van der Waals surface area contributed by atoms with Crippen LogP contribution in [0.4, 0.5) is 32.0 Å². The third-order valence-corrected chi connectivity index (χ3v) is 5.98. The lowest BCUT2D eigenvalue weighted by molar-refractivity contribution is -0.143. The SMILES string of the molecule is C#Cc1nccc(-c2ccccc2C)c1N(C)C(=O)C(C)(C)c1cc(C(F)(F)F)cc(C(F)(F)F)c1. The highest BCUT2D eigenvalue weighted by Gasteiger charge is 2.41. The van der Waals surface area contributed by atoms with Crippen LogP contribution in [0, 0.1) is 19.3 Å². The topological polar surface area (TPSA) is 33.2 Å². The average Bonchev–Trinajstić information content (AvgIpc) is 2.81. The van der Waals surface area contributed by atoms with Gasteiger partial charge in [0.25, 0.3) is 0 Å². The van der Waals surface area contributed by atoms with Gasteiger partial charge in [-0.15, -0.1) is 6.42 Å². The van der Waals surface area contributed by atoms with Crippen molar-refractivity contribution in [3.05, 3.63) is 82.7 Å². The number of hydrogen-bond acceptors (Lipinski definition) is 2. The molecule has 0 aliphatic rings. The zero-order valence-electron chi connectivity index (χ0n) is 19.8. The molecule has 3 aromatic rings. The Morgan fingerprint density at radius 2 is 1.42 bits per heavy atom. The first-order valence-electron chi connectivity index (χ1n) is 10.7. The zero-order valence-corrected chi connectivity index (χ0v) is 19.8. The van der Waals surface area contributed by atoms with Crippen LogP contribution in [-0.2, 0) is 22.6 Å². The molecule has 0 atom stereocenters. The van der Waals surface area contributed by atoms with Crippen LogP contribution >= 0.6 is 0 Å². The first-order valence-corrected chi connectivity index (χ1v) is 10.7. The Hall–Kier alpha value is -3.80. The molecule has 0 spiro atoms. The van der Waals surface area contributed by atoms with Crippen LogP contribution in [0.5, 0.6) is 0 Å². The van der Waals surface area contributed by atoms with Gasteiger partial charge >= 0.3 is 12.4 Å². The second kappa shape index (κ2) is 9.34. The third kappa shape index (κ3) is 5.08. The summed E-state index contributed by atoms with van der Waals surface area (Å²) in [6, 6.07) is 10.1. The Morgan fingerprint density at radius 3 is 1.92 bits per heavy atom. The van der Waals surface area contributed by atoms with Gasteiger partial charge in [-0.25, -0.2) is 4.98 Å². The van der Waals surface area contributed by atoms with Gasteiger partial charge in [-0.05, 0) is 67.6 Å². The molecule has 36 heavy (non-hydrogen) atoms. The lowest BCUT2D eigenvalue weighted by atomic mass is 9.81. The number of likely N-dealkylation sites (N-methyl/N-ethyl adjacent to an activating group) is 1. The number of benzene rings is 2. The molecule has 0 aliphatic carbocycles. The van der Waals surface area contributed by atoms with Crippen LogP contribution in [-0.4, -0.2) is 17.9 Å². The highest BCUT2D eigenvalue weighted by Crippen LogP contribution is 2.41. The van der Waals surface area contributed by atoms with E-state index in [1.807, 2.05) is 19.1 Å². The first kappa shape index (κ1) is 26.8. The highest BCUT2D eigenvalue weighted by molar-refractivity contribution is 6.04. The fraction of sp³-hybridized carbons (Fsp3) is 0.259. The van der Waals surface area contributed by atoms with Crippen molar-refractivity contribution in [2.45, 2.75) is 38.5 Å². The van der Waals surface area contributed by atoms with E-state index in [1.165, 1.54) is 27.1 Å². The summed E-state index contributed by atoms with van der Waals surface area (Å²) in [6.07, 6.45) is -2.99. The minimum absolute atomic E-state index is 0.0294. The maximum absolute atomic E-state index is 13.7. The van der Waals surface area contributed by atoms with E-state index in [2.05, 4.69) is 10.9 Å². The predicted octanol–water partition coefficient (Wildman–Crippen LogP) is 7.02. The van der Waals surface area contributed by atoms with Gasteiger partial charge in [0.15, 0.2) is 0 Å². The number of aryl methyl sites for hydroxylation is 1. The number of carbonyl (C=O) groups is 1. The minimum atomic E-state index is -5.04. The fourth-order valence-electron chi connectivity index (χ4n) is 3.95. The van der Waals surface area contributed by atoms with Crippen molar-refractivity contribution in [3.8, 4) is 23.5 Å². The van der Waals surface area contributed by atoms with Crippen molar-refractivity contribution in [1.82, 2.24) is 4.98 Å². The Bertz CT molecular complexity index is 1320. The number of amides is 1. The second-order valence-electron chi connectivity index (χ2n) is 8.80. The van der Waals surface area contributed by atoms with Crippen LogP contribution in [0.2, 0.25) is 0 Å². The molecule has 1 aromatic heterocycles. The number of halogens is 6. The number of terminal acetylenes is 1. The number of nitrogens with zero attached hydrogens (tertiary/aromatic N) is 2. The second-order valence-corrected chi connectivity index (χ2v) is 8.80. The van der Waals surface area contributed by atoms with Crippen LogP contribution < -0.4 is 4.90 Å². The van der Waals surface area contributed by atoms with Crippen LogP contribution in [0.3, 0.4) is 0 Å². The van der Waals surface area contributed by atoms with Gasteiger partial charge < -0.3 is 4.90 Å². The molecule has 9 heteroatoms. The first-order chi connectivity index (χ1) is 16.6. The number of rotatable bonds is 4. The number of aromatic nitrogens is 1. The molecule has 0 unspecified atom stereocenters. The zero-order chi connectivity index (χ0) is 27.1. The predicted molar refractivity (Wildman–Crippen MR) is 125 cm³/mol. The number of carbonyl (C=O) groups excluding carboxylic acids is 1. The van der Waals surface area contributed by atoms with E-state index in [-0.39, 0.29) is 17.4 Å². The molecule has 1 heterocycles. The lowest BCUT2D eigenvalue weighted by Crippen LogP contribution is -2.42. The molecular weight excluding hydrogens is 482 g/mol. The molecule has 188 valence electrons. The molecule has 2 aromatic carbocycles. The van der Waals surface area contributed by atoms with E-state index in [1.54, 1.807) is 18.2 Å². The van der Waals surface area contributed by atoms with E-state index < -0.39 is 40.4 Å². The molecule has 0 radical (unpaired) electrons. The van der Waals surface area contributed by atoms with E-state index >= 15 is 0 Å². The van der Waals surface area contributed by atoms with Crippen molar-refractivity contribution in [2.75, 3.05) is 11.9 Å². The summed E-state index contributed by atoms with van der Waals surface area (Å²) in [6.45, 7) is 4.38. The molecular formula is C27H22F6N2O. The van der Waals surface area contributed by atoms with E-state index in [0.29, 0.717) is 17.7 Å². The Labute approximate surface area is 204 Å². The largest absolute Gasteiger partial charge is 0.416 e. The van der Waals surface area contributed by atoms with Crippen LogP contribution in [0.15, 0.2) is 54.7 Å². The van der Waals surface area contributed by atoms with Gasteiger partial charge in [0.1, 0.15) is 5.69 Å². The van der Waals surface area contributed by atoms with E-state index in [0.717, 1.165) is 16.0 Å². The summed E-state index contributed by atoms with van der Waals surface area (Å²) in [5, 5.41) is 0. The fourth-order valence-corrected chi connectivity index (χ4v) is 3.95. The van der Waals surface area contributed by atoms with Crippen LogP contribution in [0.1, 0.15) is 41.8 Å².